The second-order valence-electron chi connectivity index (χ2n) is 8.42. The molecule has 0 fully saturated rings. The van der Waals surface area contributed by atoms with Crippen LogP contribution < -0.4 is 9.64 Å². The molecule has 0 radical (unpaired) electrons. The number of aryl methyl sites for hydroxylation is 1. The predicted molar refractivity (Wildman–Crippen MR) is 153 cm³/mol. The van der Waals surface area contributed by atoms with E-state index in [9.17, 15) is 9.90 Å². The fourth-order valence-electron chi connectivity index (χ4n) is 3.11. The summed E-state index contributed by atoms with van der Waals surface area (Å²) >= 11 is 0. The fourth-order valence-corrected chi connectivity index (χ4v) is 3.11. The Kier molecular flexibility index (Phi) is 16.4. The van der Waals surface area contributed by atoms with Crippen molar-refractivity contribution in [1.82, 2.24) is 0 Å². The molecule has 2 rings (SSSR count). The van der Waals surface area contributed by atoms with Gasteiger partial charge in [0, 0.05) is 19.8 Å². The molecule has 0 saturated heterocycles. The first kappa shape index (κ1) is 32.9. The predicted octanol–water partition coefficient (Wildman–Crippen LogP) is 4.69. The van der Waals surface area contributed by atoms with Crippen LogP contribution in [0.15, 0.2) is 55.1 Å². The normalized spacial score (nSPS) is 11.5. The van der Waals surface area contributed by atoms with Gasteiger partial charge in [-0.3, -0.25) is 0 Å². The largest absolute Gasteiger partial charge is 0.491 e. The Morgan fingerprint density at radius 1 is 0.974 bits per heavy atom. The lowest BCUT2D eigenvalue weighted by Gasteiger charge is -2.14. The molecule has 2 aromatic rings. The van der Waals surface area contributed by atoms with E-state index >= 15 is 0 Å². The Morgan fingerprint density at radius 2 is 1.61 bits per heavy atom. The number of anilines is 1. The summed E-state index contributed by atoms with van der Waals surface area (Å²) < 4.78 is 21.2. The summed E-state index contributed by atoms with van der Waals surface area (Å²) in [6, 6.07) is 14.0. The molecule has 0 amide bonds. The third-order valence-corrected chi connectivity index (χ3v) is 5.19. The van der Waals surface area contributed by atoms with E-state index in [-0.39, 0.29) is 33.0 Å². The summed E-state index contributed by atoms with van der Waals surface area (Å²) in [4.78, 5) is 12.4. The van der Waals surface area contributed by atoms with Crippen molar-refractivity contribution < 1.29 is 34.0 Å². The topological polar surface area (TPSA) is 97.7 Å². The third kappa shape index (κ3) is 13.4. The molecular weight excluding hydrogens is 486 g/mol. The maximum atomic E-state index is 10.3. The van der Waals surface area contributed by atoms with E-state index in [1.165, 1.54) is 0 Å². The lowest BCUT2D eigenvalue weighted by atomic mass is 10.0. The molecule has 0 spiro atoms. The highest BCUT2D eigenvalue weighted by molar-refractivity contribution is 5.78. The van der Waals surface area contributed by atoms with Gasteiger partial charge in [-0.15, -0.1) is 0 Å². The highest BCUT2D eigenvalue weighted by Crippen LogP contribution is 2.22. The zero-order valence-electron chi connectivity index (χ0n) is 23.3. The van der Waals surface area contributed by atoms with Gasteiger partial charge in [0.05, 0.1) is 33.0 Å². The van der Waals surface area contributed by atoms with Crippen molar-refractivity contribution in [3.05, 3.63) is 71.8 Å². The monoisotopic (exact) mass is 529 g/mol. The van der Waals surface area contributed by atoms with E-state index in [2.05, 4.69) is 35.7 Å². The van der Waals surface area contributed by atoms with E-state index in [1.807, 2.05) is 65.2 Å². The Hall–Kier alpha value is -3.17. The molecule has 38 heavy (non-hydrogen) atoms. The van der Waals surface area contributed by atoms with Gasteiger partial charge in [-0.1, -0.05) is 50.8 Å². The summed E-state index contributed by atoms with van der Waals surface area (Å²) in [5, 5.41) is 18.6. The zero-order valence-corrected chi connectivity index (χ0v) is 23.3. The van der Waals surface area contributed by atoms with Crippen LogP contribution in [0.3, 0.4) is 0 Å². The minimum Gasteiger partial charge on any atom is -0.491 e. The maximum Gasteiger partial charge on any atom is 0.329 e. The molecule has 0 aromatic heterocycles. The van der Waals surface area contributed by atoms with Crippen LogP contribution in [-0.2, 0) is 19.0 Å². The molecule has 1 atom stereocenters. The second kappa shape index (κ2) is 19.0. The number of benzene rings is 2. The maximum absolute atomic E-state index is 10.3. The molecule has 0 heterocycles. The van der Waals surface area contributed by atoms with Crippen LogP contribution in [0.2, 0.25) is 0 Å². The highest BCUT2D eigenvalue weighted by Gasteiger charge is 2.07. The number of rotatable bonds is 17. The van der Waals surface area contributed by atoms with E-state index in [0.717, 1.165) is 28.0 Å². The molecule has 0 bridgehead atoms. The first-order valence-corrected chi connectivity index (χ1v) is 12.8. The standard InChI is InChI=1S/C28H37NO7.C2H6/c1-21(23-8-10-25(11-9-23)29(3)4)5-7-24-17-27(12-6-22(24)2)36-19-26(30)18-34-15-13-33-14-16-35-20-28(31)32;1-2/h5-12,17,26,30H,1,13-16,18-20H2,2-4H3,(H,31,32);1-2H3/b7-5-;. The van der Waals surface area contributed by atoms with Crippen molar-refractivity contribution in [2.75, 3.05) is 65.2 Å². The van der Waals surface area contributed by atoms with Gasteiger partial charge in [-0.05, 0) is 53.5 Å². The van der Waals surface area contributed by atoms with E-state index in [4.69, 9.17) is 24.1 Å². The van der Waals surface area contributed by atoms with Crippen molar-refractivity contribution >= 4 is 23.3 Å². The van der Waals surface area contributed by atoms with Crippen molar-refractivity contribution in [2.24, 2.45) is 0 Å². The fraction of sp³-hybridized carbons (Fsp3) is 0.433. The van der Waals surface area contributed by atoms with E-state index in [0.29, 0.717) is 19.0 Å². The molecule has 0 saturated carbocycles. The van der Waals surface area contributed by atoms with Crippen molar-refractivity contribution in [2.45, 2.75) is 26.9 Å². The molecule has 0 aliphatic rings. The van der Waals surface area contributed by atoms with Gasteiger partial charge < -0.3 is 34.1 Å². The Bertz CT molecular complexity index is 987. The van der Waals surface area contributed by atoms with Gasteiger partial charge in [0.15, 0.2) is 0 Å². The van der Waals surface area contributed by atoms with Gasteiger partial charge in [0.25, 0.3) is 0 Å². The molecule has 1 unspecified atom stereocenters. The number of aliphatic hydroxyl groups excluding tert-OH is 1. The third-order valence-electron chi connectivity index (χ3n) is 5.19. The first-order valence-electron chi connectivity index (χ1n) is 12.8. The van der Waals surface area contributed by atoms with Crippen LogP contribution >= 0.6 is 0 Å². The van der Waals surface area contributed by atoms with Crippen LogP contribution in [0.5, 0.6) is 5.75 Å². The quantitative estimate of drug-likeness (QED) is 0.225. The van der Waals surface area contributed by atoms with Crippen LogP contribution in [0, 0.1) is 6.92 Å². The SMILES string of the molecule is C=C(/C=C\c1cc(OCC(O)COCCOCCOCC(=O)O)ccc1C)c1ccc(N(C)C)cc1.CC. The Labute approximate surface area is 227 Å². The zero-order chi connectivity index (χ0) is 28.3. The number of carbonyl (C=O) groups is 1. The van der Waals surface area contributed by atoms with Crippen molar-refractivity contribution in [3.63, 3.8) is 0 Å². The molecule has 0 aliphatic heterocycles. The van der Waals surface area contributed by atoms with Crippen LogP contribution in [-0.4, -0.2) is 82.6 Å². The Balaban J connectivity index is 0.00000352. The number of hydrogen-bond donors (Lipinski definition) is 2. The van der Waals surface area contributed by atoms with Gasteiger partial charge in [-0.2, -0.15) is 0 Å². The van der Waals surface area contributed by atoms with Gasteiger partial charge in [0.2, 0.25) is 0 Å². The average molecular weight is 530 g/mol. The van der Waals surface area contributed by atoms with Crippen LogP contribution in [0.4, 0.5) is 5.69 Å². The number of carboxylic acid groups (broad SMARTS) is 1. The number of nitrogens with zero attached hydrogens (tertiary/aromatic N) is 1. The summed E-state index contributed by atoms with van der Waals surface area (Å²) in [5.74, 6) is -0.356. The molecule has 8 nitrogen and oxygen atoms in total. The van der Waals surface area contributed by atoms with Gasteiger partial charge in [0.1, 0.15) is 25.1 Å². The summed E-state index contributed by atoms with van der Waals surface area (Å²) in [6.07, 6.45) is 3.21. The average Bonchev–Trinajstić information content (AvgIpc) is 2.91. The second-order valence-corrected chi connectivity index (χ2v) is 8.42. The van der Waals surface area contributed by atoms with Crippen LogP contribution in [0.25, 0.3) is 11.6 Å². The molecule has 0 aliphatic carbocycles. The number of ether oxygens (including phenoxy) is 4. The summed E-state index contributed by atoms with van der Waals surface area (Å²) in [6.45, 7) is 11.2. The number of allylic oxidation sites excluding steroid dienone is 2. The molecule has 8 heteroatoms. The number of hydrogen-bond acceptors (Lipinski definition) is 7. The minimum atomic E-state index is -1.01. The smallest absolute Gasteiger partial charge is 0.329 e. The van der Waals surface area contributed by atoms with E-state index < -0.39 is 12.1 Å². The van der Waals surface area contributed by atoms with Crippen LogP contribution in [0.1, 0.15) is 30.5 Å². The first-order chi connectivity index (χ1) is 18.3. The molecule has 2 aromatic carbocycles. The molecular formula is C30H43NO7. The summed E-state index contributed by atoms with van der Waals surface area (Å²) in [7, 11) is 4.02. The van der Waals surface area contributed by atoms with E-state index in [1.54, 1.807) is 0 Å². The lowest BCUT2D eigenvalue weighted by Crippen LogP contribution is -2.24. The molecule has 2 N–H and O–H groups in total. The molecule has 210 valence electrons. The van der Waals surface area contributed by atoms with Gasteiger partial charge >= 0.3 is 5.97 Å². The lowest BCUT2D eigenvalue weighted by molar-refractivity contribution is -0.142. The minimum absolute atomic E-state index is 0.0982. The number of carboxylic acids is 1. The Morgan fingerprint density at radius 3 is 2.24 bits per heavy atom. The summed E-state index contributed by atoms with van der Waals surface area (Å²) in [5.41, 5.74) is 5.22. The van der Waals surface area contributed by atoms with Crippen molar-refractivity contribution in [3.8, 4) is 5.75 Å². The van der Waals surface area contributed by atoms with Crippen molar-refractivity contribution in [1.29, 1.82) is 0 Å². The number of aliphatic hydroxyl groups is 1. The highest BCUT2D eigenvalue weighted by atomic mass is 16.6. The van der Waals surface area contributed by atoms with Gasteiger partial charge in [-0.25, -0.2) is 4.79 Å². The number of aliphatic carboxylic acids is 1.